The number of ether oxygens (including phenoxy) is 2. The molecule has 0 aromatic carbocycles. The molecule has 2 unspecified atom stereocenters. The van der Waals surface area contributed by atoms with Gasteiger partial charge in [0.25, 0.3) is 0 Å². The maximum absolute atomic E-state index is 13.2. The first-order chi connectivity index (χ1) is 8.46. The molecule has 0 bridgehead atoms. The first kappa shape index (κ1) is 14.0. The van der Waals surface area contributed by atoms with Gasteiger partial charge < -0.3 is 14.8 Å². The lowest BCUT2D eigenvalue weighted by molar-refractivity contribution is -0.194. The van der Waals surface area contributed by atoms with E-state index in [1.54, 1.807) is 0 Å². The Balaban J connectivity index is 2.08. The van der Waals surface area contributed by atoms with Gasteiger partial charge in [-0.1, -0.05) is 0 Å². The second-order valence-corrected chi connectivity index (χ2v) is 4.84. The van der Waals surface area contributed by atoms with Gasteiger partial charge in [-0.3, -0.25) is 0 Å². The second kappa shape index (κ2) is 5.30. The highest BCUT2D eigenvalue weighted by atomic mass is 19.3. The van der Waals surface area contributed by atoms with E-state index in [2.05, 4.69) is 5.32 Å². The van der Waals surface area contributed by atoms with Crippen LogP contribution in [0.25, 0.3) is 0 Å². The average Bonchev–Trinajstić information content (AvgIpc) is 2.33. The Morgan fingerprint density at radius 1 is 1.33 bits per heavy atom. The minimum absolute atomic E-state index is 0.185. The third-order valence-electron chi connectivity index (χ3n) is 3.55. The fraction of sp³-hybridized carbons (Fsp3) is 1.00. The smallest absolute Gasteiger partial charge is 0.309 e. The van der Waals surface area contributed by atoms with Gasteiger partial charge in [0.15, 0.2) is 0 Å². The standard InChI is InChI=1S/C11H17F4NO2/c12-9(13)11(14,15)6-8-10(18-5-3-16-8)2-1-4-17-7-10/h8-9,16H,1-7H2. The van der Waals surface area contributed by atoms with Gasteiger partial charge in [0.05, 0.1) is 13.2 Å². The lowest BCUT2D eigenvalue weighted by atomic mass is 9.83. The zero-order valence-electron chi connectivity index (χ0n) is 9.93. The highest BCUT2D eigenvalue weighted by Crippen LogP contribution is 2.37. The summed E-state index contributed by atoms with van der Waals surface area (Å²) in [5, 5.41) is 2.87. The van der Waals surface area contributed by atoms with Crippen molar-refractivity contribution >= 4 is 0 Å². The van der Waals surface area contributed by atoms with Crippen LogP contribution in [0.5, 0.6) is 0 Å². The van der Waals surface area contributed by atoms with Crippen molar-refractivity contribution in [1.82, 2.24) is 5.32 Å². The zero-order valence-corrected chi connectivity index (χ0v) is 9.93. The molecule has 1 spiro atoms. The molecule has 3 nitrogen and oxygen atoms in total. The molecule has 2 heterocycles. The van der Waals surface area contributed by atoms with Crippen LogP contribution in [0.4, 0.5) is 17.6 Å². The van der Waals surface area contributed by atoms with E-state index in [9.17, 15) is 17.6 Å². The molecule has 2 fully saturated rings. The van der Waals surface area contributed by atoms with Crippen molar-refractivity contribution in [2.24, 2.45) is 0 Å². The van der Waals surface area contributed by atoms with E-state index >= 15 is 0 Å². The Morgan fingerprint density at radius 2 is 2.11 bits per heavy atom. The van der Waals surface area contributed by atoms with Gasteiger partial charge >= 0.3 is 12.3 Å². The van der Waals surface area contributed by atoms with Crippen LogP contribution in [-0.4, -0.2) is 50.4 Å². The van der Waals surface area contributed by atoms with Crippen molar-refractivity contribution in [2.75, 3.05) is 26.4 Å². The molecule has 2 rings (SSSR count). The van der Waals surface area contributed by atoms with Crippen molar-refractivity contribution in [3.63, 3.8) is 0 Å². The van der Waals surface area contributed by atoms with Crippen molar-refractivity contribution in [2.45, 2.75) is 43.3 Å². The molecular formula is C11H17F4NO2. The topological polar surface area (TPSA) is 30.5 Å². The molecule has 0 radical (unpaired) electrons. The third kappa shape index (κ3) is 2.78. The maximum Gasteiger partial charge on any atom is 0.309 e. The van der Waals surface area contributed by atoms with Crippen LogP contribution in [0.3, 0.4) is 0 Å². The summed E-state index contributed by atoms with van der Waals surface area (Å²) in [7, 11) is 0. The normalized spacial score (nSPS) is 34.2. The molecule has 0 aliphatic carbocycles. The van der Waals surface area contributed by atoms with Crippen molar-refractivity contribution < 1.29 is 27.0 Å². The molecule has 0 aromatic rings. The Morgan fingerprint density at radius 3 is 2.72 bits per heavy atom. The van der Waals surface area contributed by atoms with Gasteiger partial charge in [-0.15, -0.1) is 0 Å². The van der Waals surface area contributed by atoms with E-state index in [0.29, 0.717) is 32.6 Å². The average molecular weight is 271 g/mol. The minimum Gasteiger partial charge on any atom is -0.378 e. The summed E-state index contributed by atoms with van der Waals surface area (Å²) in [6.07, 6.45) is -3.32. The van der Waals surface area contributed by atoms with E-state index < -0.39 is 30.4 Å². The van der Waals surface area contributed by atoms with Crippen LogP contribution in [0.15, 0.2) is 0 Å². The molecule has 2 aliphatic heterocycles. The monoisotopic (exact) mass is 271 g/mol. The molecule has 0 saturated carbocycles. The quantitative estimate of drug-likeness (QED) is 0.794. The highest BCUT2D eigenvalue weighted by Gasteiger charge is 2.51. The summed E-state index contributed by atoms with van der Waals surface area (Å²) < 4.78 is 61.8. The molecule has 7 heteroatoms. The Bertz CT molecular complexity index is 274. The Labute approximate surface area is 103 Å². The van der Waals surface area contributed by atoms with Gasteiger partial charge in [-0.2, -0.15) is 0 Å². The molecule has 2 atom stereocenters. The summed E-state index contributed by atoms with van der Waals surface area (Å²) in [4.78, 5) is 0. The molecular weight excluding hydrogens is 254 g/mol. The molecule has 106 valence electrons. The molecule has 0 aromatic heterocycles. The number of hydrogen-bond acceptors (Lipinski definition) is 3. The summed E-state index contributed by atoms with van der Waals surface area (Å²) in [5.74, 6) is -4.00. The van der Waals surface area contributed by atoms with Crippen LogP contribution in [-0.2, 0) is 9.47 Å². The number of alkyl halides is 4. The first-order valence-corrected chi connectivity index (χ1v) is 6.07. The van der Waals surface area contributed by atoms with Crippen LogP contribution in [0, 0.1) is 0 Å². The van der Waals surface area contributed by atoms with Gasteiger partial charge in [-0.05, 0) is 12.8 Å². The van der Waals surface area contributed by atoms with Gasteiger partial charge in [0.2, 0.25) is 0 Å². The predicted octanol–water partition coefficient (Wildman–Crippen LogP) is 1.81. The SMILES string of the molecule is FC(F)C(F)(F)CC1NCCOC12CCCOC2. The van der Waals surface area contributed by atoms with E-state index in [4.69, 9.17) is 9.47 Å². The highest BCUT2D eigenvalue weighted by molar-refractivity contribution is 5.00. The molecule has 0 amide bonds. The molecule has 1 N–H and O–H groups in total. The van der Waals surface area contributed by atoms with Crippen molar-refractivity contribution in [3.8, 4) is 0 Å². The summed E-state index contributed by atoms with van der Waals surface area (Å²) in [6.45, 7) is 1.53. The molecule has 2 saturated heterocycles. The third-order valence-corrected chi connectivity index (χ3v) is 3.55. The van der Waals surface area contributed by atoms with Crippen LogP contribution in [0.1, 0.15) is 19.3 Å². The number of rotatable bonds is 3. The molecule has 2 aliphatic rings. The summed E-state index contributed by atoms with van der Waals surface area (Å²) in [6, 6.07) is -0.796. The van der Waals surface area contributed by atoms with Crippen LogP contribution < -0.4 is 5.32 Å². The fourth-order valence-electron chi connectivity index (χ4n) is 2.57. The van der Waals surface area contributed by atoms with E-state index in [-0.39, 0.29) is 6.61 Å². The fourth-order valence-corrected chi connectivity index (χ4v) is 2.57. The Hall–Kier alpha value is -0.400. The predicted molar refractivity (Wildman–Crippen MR) is 56.1 cm³/mol. The van der Waals surface area contributed by atoms with Gasteiger partial charge in [-0.25, -0.2) is 17.6 Å². The Kier molecular flexibility index (Phi) is 4.13. The second-order valence-electron chi connectivity index (χ2n) is 4.84. The van der Waals surface area contributed by atoms with E-state index in [1.165, 1.54) is 0 Å². The lowest BCUT2D eigenvalue weighted by Crippen LogP contribution is -2.63. The number of nitrogens with one attached hydrogen (secondary N) is 1. The number of hydrogen-bond donors (Lipinski definition) is 1. The van der Waals surface area contributed by atoms with E-state index in [1.807, 2.05) is 0 Å². The largest absolute Gasteiger partial charge is 0.378 e. The maximum atomic E-state index is 13.2. The first-order valence-electron chi connectivity index (χ1n) is 6.07. The van der Waals surface area contributed by atoms with Crippen molar-refractivity contribution in [1.29, 1.82) is 0 Å². The van der Waals surface area contributed by atoms with Gasteiger partial charge in [0.1, 0.15) is 5.60 Å². The molecule has 18 heavy (non-hydrogen) atoms. The summed E-state index contributed by atoms with van der Waals surface area (Å²) >= 11 is 0. The van der Waals surface area contributed by atoms with Crippen LogP contribution >= 0.6 is 0 Å². The number of morpholine rings is 1. The van der Waals surface area contributed by atoms with Crippen LogP contribution in [0.2, 0.25) is 0 Å². The number of halogens is 4. The van der Waals surface area contributed by atoms with Gasteiger partial charge in [0, 0.05) is 25.6 Å². The zero-order chi connectivity index (χ0) is 13.2. The minimum atomic E-state index is -4.00. The van der Waals surface area contributed by atoms with E-state index in [0.717, 1.165) is 0 Å². The van der Waals surface area contributed by atoms with Crippen molar-refractivity contribution in [3.05, 3.63) is 0 Å². The summed E-state index contributed by atoms with van der Waals surface area (Å²) in [5.41, 5.74) is -0.880. The lowest BCUT2D eigenvalue weighted by Gasteiger charge is -2.47.